The maximum atomic E-state index is 12.1. The number of halogens is 1. The van der Waals surface area contributed by atoms with Crippen LogP contribution in [0, 0.1) is 5.92 Å². The van der Waals surface area contributed by atoms with Crippen LogP contribution in [0.2, 0.25) is 0 Å². The number of nitrogens with one attached hydrogen (secondary N) is 1. The van der Waals surface area contributed by atoms with E-state index in [2.05, 4.69) is 26.2 Å². The minimum atomic E-state index is -0.283. The molecule has 1 N–H and O–H groups in total. The molecule has 1 aromatic heterocycles. The van der Waals surface area contributed by atoms with Crippen LogP contribution in [0.5, 0.6) is 0 Å². The SMILES string of the molecule is CNC(=O)c1cc(C(=O)CC2CCC2)cc(Br)n1. The van der Waals surface area contributed by atoms with E-state index in [1.165, 1.54) is 6.42 Å². The van der Waals surface area contributed by atoms with Gasteiger partial charge in [-0.2, -0.15) is 0 Å². The molecule has 4 nitrogen and oxygen atoms in total. The Kier molecular flexibility index (Phi) is 4.11. The molecule has 1 heterocycles. The second-order valence-electron chi connectivity index (χ2n) is 4.57. The molecule has 1 amide bonds. The van der Waals surface area contributed by atoms with Crippen LogP contribution in [0.1, 0.15) is 46.5 Å². The van der Waals surface area contributed by atoms with E-state index in [-0.39, 0.29) is 17.4 Å². The quantitative estimate of drug-likeness (QED) is 0.687. The molecule has 0 aliphatic heterocycles. The average Bonchev–Trinajstić information content (AvgIpc) is 2.31. The second kappa shape index (κ2) is 5.61. The first-order valence-corrected chi connectivity index (χ1v) is 6.82. The van der Waals surface area contributed by atoms with E-state index in [0.29, 0.717) is 22.5 Å². The van der Waals surface area contributed by atoms with E-state index in [9.17, 15) is 9.59 Å². The van der Waals surface area contributed by atoms with Crippen LogP contribution in [-0.2, 0) is 0 Å². The van der Waals surface area contributed by atoms with Gasteiger partial charge in [0.05, 0.1) is 0 Å². The number of aromatic nitrogens is 1. The summed E-state index contributed by atoms with van der Waals surface area (Å²) in [5, 5.41) is 2.50. The van der Waals surface area contributed by atoms with Crippen molar-refractivity contribution in [1.29, 1.82) is 0 Å². The van der Waals surface area contributed by atoms with Gasteiger partial charge in [-0.25, -0.2) is 4.98 Å². The first-order chi connectivity index (χ1) is 8.60. The van der Waals surface area contributed by atoms with Gasteiger partial charge in [-0.1, -0.05) is 19.3 Å². The van der Waals surface area contributed by atoms with Gasteiger partial charge in [-0.3, -0.25) is 9.59 Å². The Bertz CT molecular complexity index is 484. The van der Waals surface area contributed by atoms with Crippen LogP contribution < -0.4 is 5.32 Å². The summed E-state index contributed by atoms with van der Waals surface area (Å²) in [7, 11) is 1.54. The third kappa shape index (κ3) is 2.96. The zero-order chi connectivity index (χ0) is 13.1. The Balaban J connectivity index is 2.18. The molecule has 1 aliphatic carbocycles. The zero-order valence-electron chi connectivity index (χ0n) is 10.2. The number of carbonyl (C=O) groups excluding carboxylic acids is 2. The standard InChI is InChI=1S/C13H15BrN2O2/c1-15-13(18)10-6-9(7-12(14)16-10)11(17)5-8-3-2-4-8/h6-8H,2-5H2,1H3,(H,15,18). The van der Waals surface area contributed by atoms with E-state index in [4.69, 9.17) is 0 Å². The molecule has 0 bridgehead atoms. The topological polar surface area (TPSA) is 59.1 Å². The minimum Gasteiger partial charge on any atom is -0.354 e. The zero-order valence-corrected chi connectivity index (χ0v) is 11.8. The van der Waals surface area contributed by atoms with Gasteiger partial charge in [0.1, 0.15) is 10.3 Å². The molecule has 1 aromatic rings. The van der Waals surface area contributed by atoms with Gasteiger partial charge < -0.3 is 5.32 Å². The molecule has 2 rings (SSSR count). The molecule has 1 saturated carbocycles. The number of hydrogen-bond donors (Lipinski definition) is 1. The Hall–Kier alpha value is -1.23. The maximum Gasteiger partial charge on any atom is 0.269 e. The number of rotatable bonds is 4. The summed E-state index contributed by atoms with van der Waals surface area (Å²) in [6.07, 6.45) is 4.08. The van der Waals surface area contributed by atoms with Crippen LogP contribution in [0.3, 0.4) is 0 Å². The molecule has 5 heteroatoms. The van der Waals surface area contributed by atoms with Crippen molar-refractivity contribution in [1.82, 2.24) is 10.3 Å². The molecule has 0 saturated heterocycles. The Labute approximate surface area is 114 Å². The number of hydrogen-bond acceptors (Lipinski definition) is 3. The summed E-state index contributed by atoms with van der Waals surface area (Å²) >= 11 is 3.23. The number of ketones is 1. The molecule has 1 aliphatic rings. The van der Waals surface area contributed by atoms with E-state index in [1.54, 1.807) is 19.2 Å². The van der Waals surface area contributed by atoms with E-state index < -0.39 is 0 Å². The fourth-order valence-corrected chi connectivity index (χ4v) is 2.42. The first-order valence-electron chi connectivity index (χ1n) is 6.03. The summed E-state index contributed by atoms with van der Waals surface area (Å²) in [5.74, 6) is 0.329. The van der Waals surface area contributed by atoms with Crippen molar-refractivity contribution in [3.63, 3.8) is 0 Å². The molecule has 0 unspecified atom stereocenters. The van der Waals surface area contributed by atoms with Crippen molar-refractivity contribution < 1.29 is 9.59 Å². The van der Waals surface area contributed by atoms with Crippen LogP contribution in [-0.4, -0.2) is 23.7 Å². The van der Waals surface area contributed by atoms with Crippen LogP contribution in [0.15, 0.2) is 16.7 Å². The van der Waals surface area contributed by atoms with Gasteiger partial charge in [0, 0.05) is 19.0 Å². The predicted molar refractivity (Wildman–Crippen MR) is 71.6 cm³/mol. The lowest BCUT2D eigenvalue weighted by Gasteiger charge is -2.24. The van der Waals surface area contributed by atoms with Crippen molar-refractivity contribution in [3.05, 3.63) is 28.0 Å². The summed E-state index contributed by atoms with van der Waals surface area (Å²) in [6.45, 7) is 0. The lowest BCUT2D eigenvalue weighted by Crippen LogP contribution is -2.21. The third-order valence-corrected chi connectivity index (χ3v) is 3.68. The maximum absolute atomic E-state index is 12.1. The van der Waals surface area contributed by atoms with E-state index in [1.807, 2.05) is 0 Å². The molecule has 0 radical (unpaired) electrons. The number of nitrogens with zero attached hydrogens (tertiary/aromatic N) is 1. The number of carbonyl (C=O) groups is 2. The van der Waals surface area contributed by atoms with Crippen molar-refractivity contribution in [3.8, 4) is 0 Å². The van der Waals surface area contributed by atoms with Gasteiger partial charge in [0.2, 0.25) is 0 Å². The molecule has 0 aromatic carbocycles. The number of amides is 1. The van der Waals surface area contributed by atoms with Crippen LogP contribution in [0.4, 0.5) is 0 Å². The molecule has 1 fully saturated rings. The highest BCUT2D eigenvalue weighted by Crippen LogP contribution is 2.30. The summed E-state index contributed by atoms with van der Waals surface area (Å²) in [6, 6.07) is 3.23. The fourth-order valence-electron chi connectivity index (χ4n) is 1.98. The minimum absolute atomic E-state index is 0.0907. The third-order valence-electron chi connectivity index (χ3n) is 3.27. The predicted octanol–water partition coefficient (Wildman–Crippen LogP) is 2.58. The Morgan fingerprint density at radius 1 is 1.44 bits per heavy atom. The van der Waals surface area contributed by atoms with Crippen molar-refractivity contribution in [2.75, 3.05) is 7.05 Å². The summed E-state index contributed by atoms with van der Waals surface area (Å²) in [4.78, 5) is 27.7. The van der Waals surface area contributed by atoms with Crippen molar-refractivity contribution >= 4 is 27.6 Å². The number of Topliss-reactive ketones (excluding diaryl/α,β-unsaturated/α-hetero) is 1. The highest BCUT2D eigenvalue weighted by atomic mass is 79.9. The molecule has 0 atom stereocenters. The molecule has 18 heavy (non-hydrogen) atoms. The van der Waals surface area contributed by atoms with Gasteiger partial charge >= 0.3 is 0 Å². The van der Waals surface area contributed by atoms with Gasteiger partial charge in [-0.05, 0) is 34.0 Å². The van der Waals surface area contributed by atoms with Crippen LogP contribution in [0.25, 0.3) is 0 Å². The summed E-state index contributed by atoms with van der Waals surface area (Å²) in [5.41, 5.74) is 0.825. The van der Waals surface area contributed by atoms with Gasteiger partial charge in [-0.15, -0.1) is 0 Å². The van der Waals surface area contributed by atoms with Crippen molar-refractivity contribution in [2.24, 2.45) is 5.92 Å². The molecule has 96 valence electrons. The normalized spacial score (nSPS) is 15.0. The van der Waals surface area contributed by atoms with Gasteiger partial charge in [0.15, 0.2) is 5.78 Å². The monoisotopic (exact) mass is 310 g/mol. The highest BCUT2D eigenvalue weighted by molar-refractivity contribution is 9.10. The first kappa shape index (κ1) is 13.2. The highest BCUT2D eigenvalue weighted by Gasteiger charge is 2.22. The Morgan fingerprint density at radius 2 is 2.17 bits per heavy atom. The largest absolute Gasteiger partial charge is 0.354 e. The van der Waals surface area contributed by atoms with Gasteiger partial charge in [0.25, 0.3) is 5.91 Å². The molecular formula is C13H15BrN2O2. The van der Waals surface area contributed by atoms with E-state index in [0.717, 1.165) is 12.8 Å². The lowest BCUT2D eigenvalue weighted by atomic mass is 9.81. The fraction of sp³-hybridized carbons (Fsp3) is 0.462. The average molecular weight is 311 g/mol. The lowest BCUT2D eigenvalue weighted by molar-refractivity contribution is 0.0936. The van der Waals surface area contributed by atoms with E-state index >= 15 is 0 Å². The van der Waals surface area contributed by atoms with Crippen molar-refractivity contribution in [2.45, 2.75) is 25.7 Å². The van der Waals surface area contributed by atoms with Crippen LogP contribution >= 0.6 is 15.9 Å². The smallest absolute Gasteiger partial charge is 0.269 e. The number of pyridine rings is 1. The summed E-state index contributed by atoms with van der Waals surface area (Å²) < 4.78 is 0.514. The molecular weight excluding hydrogens is 296 g/mol. The second-order valence-corrected chi connectivity index (χ2v) is 5.38. The molecule has 0 spiro atoms. The Morgan fingerprint density at radius 3 is 2.72 bits per heavy atom.